The molecule has 2 rings (SSSR count). The molecule has 1 heterocycles. The summed E-state index contributed by atoms with van der Waals surface area (Å²) in [6, 6.07) is 7.36. The Bertz CT molecular complexity index is 777. The Labute approximate surface area is 196 Å². The third-order valence-electron chi connectivity index (χ3n) is 5.00. The number of hydrogen-bond donors (Lipinski definition) is 3. The summed E-state index contributed by atoms with van der Waals surface area (Å²) >= 11 is 0. The lowest BCUT2D eigenvalue weighted by Gasteiger charge is -2.36. The van der Waals surface area contributed by atoms with E-state index in [-0.39, 0.29) is 19.1 Å². The molecule has 2 unspecified atom stereocenters. The van der Waals surface area contributed by atoms with Crippen LogP contribution in [0, 0.1) is 0 Å². The van der Waals surface area contributed by atoms with Crippen molar-refractivity contribution in [2.24, 2.45) is 0 Å². The summed E-state index contributed by atoms with van der Waals surface area (Å²) in [7, 11) is 0. The second kappa shape index (κ2) is 11.1. The Hall–Kier alpha value is -2.52. The van der Waals surface area contributed by atoms with Gasteiger partial charge in [0.2, 0.25) is 0 Å². The molecule has 1 aromatic rings. The minimum atomic E-state index is -1.07. The smallest absolute Gasteiger partial charge is 0.410 e. The summed E-state index contributed by atoms with van der Waals surface area (Å²) in [5.41, 5.74) is 0.472. The first-order valence-corrected chi connectivity index (χ1v) is 11.4. The number of rotatable bonds is 6. The minimum Gasteiger partial charge on any atom is -0.444 e. The van der Waals surface area contributed by atoms with E-state index < -0.39 is 29.5 Å². The van der Waals surface area contributed by atoms with Crippen molar-refractivity contribution >= 4 is 17.9 Å². The number of benzene rings is 1. The van der Waals surface area contributed by atoms with Crippen LogP contribution in [-0.2, 0) is 9.47 Å². The van der Waals surface area contributed by atoms with Gasteiger partial charge in [0.05, 0.1) is 6.10 Å². The van der Waals surface area contributed by atoms with Crippen molar-refractivity contribution in [1.82, 2.24) is 10.2 Å². The SMILES string of the molecule is CC(C)(C)OC(=O)NCCC(O)C(O)c1ccc(N2CCN(C(=O)OC(C)(C)C)CC2)cc1. The van der Waals surface area contributed by atoms with Crippen LogP contribution < -0.4 is 10.2 Å². The molecule has 9 heteroatoms. The molecule has 0 saturated carbocycles. The van der Waals surface area contributed by atoms with Gasteiger partial charge >= 0.3 is 12.2 Å². The highest BCUT2D eigenvalue weighted by Gasteiger charge is 2.26. The zero-order chi connectivity index (χ0) is 24.8. The van der Waals surface area contributed by atoms with E-state index in [4.69, 9.17) is 9.47 Å². The van der Waals surface area contributed by atoms with Crippen LogP contribution in [-0.4, -0.2) is 77.3 Å². The zero-order valence-electron chi connectivity index (χ0n) is 20.6. The summed E-state index contributed by atoms with van der Waals surface area (Å²) in [4.78, 5) is 27.8. The molecule has 0 spiro atoms. The summed E-state index contributed by atoms with van der Waals surface area (Å²) in [6.45, 7) is 13.6. The lowest BCUT2D eigenvalue weighted by Crippen LogP contribution is -2.50. The number of carbonyl (C=O) groups excluding carboxylic acids is 2. The summed E-state index contributed by atoms with van der Waals surface area (Å²) in [5.74, 6) is 0. The average Bonchev–Trinajstić information content (AvgIpc) is 2.71. The molecule has 1 saturated heterocycles. The van der Waals surface area contributed by atoms with Crippen LogP contribution in [0.5, 0.6) is 0 Å². The van der Waals surface area contributed by atoms with E-state index in [2.05, 4.69) is 10.2 Å². The van der Waals surface area contributed by atoms with Gasteiger partial charge in [0.25, 0.3) is 0 Å². The van der Waals surface area contributed by atoms with Gasteiger partial charge in [-0.1, -0.05) is 12.1 Å². The van der Waals surface area contributed by atoms with E-state index in [1.165, 1.54) is 0 Å². The third-order valence-corrected chi connectivity index (χ3v) is 5.00. The number of ether oxygens (including phenoxy) is 2. The normalized spacial score (nSPS) is 16.7. The van der Waals surface area contributed by atoms with Gasteiger partial charge in [-0.15, -0.1) is 0 Å². The summed E-state index contributed by atoms with van der Waals surface area (Å²) in [6.07, 6.45) is -2.75. The van der Waals surface area contributed by atoms with Crippen molar-refractivity contribution in [3.63, 3.8) is 0 Å². The van der Waals surface area contributed by atoms with Crippen LogP contribution in [0.3, 0.4) is 0 Å². The fourth-order valence-corrected chi connectivity index (χ4v) is 3.37. The number of aliphatic hydroxyl groups is 2. The third kappa shape index (κ3) is 9.09. The predicted molar refractivity (Wildman–Crippen MR) is 126 cm³/mol. The minimum absolute atomic E-state index is 0.188. The molecule has 9 nitrogen and oxygen atoms in total. The Kier molecular flexibility index (Phi) is 8.97. The molecular formula is C24H39N3O6. The average molecular weight is 466 g/mol. The van der Waals surface area contributed by atoms with E-state index >= 15 is 0 Å². The van der Waals surface area contributed by atoms with Crippen molar-refractivity contribution in [2.75, 3.05) is 37.6 Å². The molecule has 0 aliphatic carbocycles. The van der Waals surface area contributed by atoms with Gasteiger partial charge < -0.3 is 34.8 Å². The van der Waals surface area contributed by atoms with Crippen molar-refractivity contribution in [3.8, 4) is 0 Å². The Morgan fingerprint density at radius 2 is 1.48 bits per heavy atom. The monoisotopic (exact) mass is 465 g/mol. The Balaban J connectivity index is 1.81. The highest BCUT2D eigenvalue weighted by Crippen LogP contribution is 2.24. The zero-order valence-corrected chi connectivity index (χ0v) is 20.6. The van der Waals surface area contributed by atoms with Crippen LogP contribution in [0.4, 0.5) is 15.3 Å². The van der Waals surface area contributed by atoms with E-state index in [1.54, 1.807) is 37.8 Å². The quantitative estimate of drug-likeness (QED) is 0.592. The number of carbonyl (C=O) groups is 2. The van der Waals surface area contributed by atoms with Gasteiger partial charge in [-0.3, -0.25) is 0 Å². The highest BCUT2D eigenvalue weighted by molar-refractivity contribution is 5.68. The maximum Gasteiger partial charge on any atom is 0.410 e. The molecule has 0 radical (unpaired) electrons. The number of nitrogens with zero attached hydrogens (tertiary/aromatic N) is 2. The molecule has 186 valence electrons. The van der Waals surface area contributed by atoms with Crippen molar-refractivity contribution in [3.05, 3.63) is 29.8 Å². The molecule has 0 bridgehead atoms. The van der Waals surface area contributed by atoms with E-state index in [9.17, 15) is 19.8 Å². The van der Waals surface area contributed by atoms with Crippen molar-refractivity contribution in [2.45, 2.75) is 71.4 Å². The first-order chi connectivity index (χ1) is 15.2. The topological polar surface area (TPSA) is 112 Å². The second-order valence-corrected chi connectivity index (χ2v) is 10.3. The van der Waals surface area contributed by atoms with Crippen LogP contribution in [0.2, 0.25) is 0 Å². The molecule has 33 heavy (non-hydrogen) atoms. The molecular weight excluding hydrogens is 426 g/mol. The molecule has 1 aliphatic heterocycles. The number of alkyl carbamates (subject to hydrolysis) is 1. The number of aliphatic hydroxyl groups excluding tert-OH is 2. The number of hydrogen-bond acceptors (Lipinski definition) is 7. The number of nitrogens with one attached hydrogen (secondary N) is 1. The van der Waals surface area contributed by atoms with Crippen LogP contribution >= 0.6 is 0 Å². The van der Waals surface area contributed by atoms with Crippen molar-refractivity contribution < 1.29 is 29.3 Å². The molecule has 1 aliphatic rings. The number of piperazine rings is 1. The fraction of sp³-hybridized carbons (Fsp3) is 0.667. The maximum atomic E-state index is 12.2. The molecule has 2 amide bonds. The van der Waals surface area contributed by atoms with Gasteiger partial charge in [0, 0.05) is 38.4 Å². The number of amides is 2. The molecule has 3 N–H and O–H groups in total. The number of anilines is 1. The standard InChI is InChI=1S/C24H39N3O6/c1-23(2,3)32-21(30)25-12-11-19(28)20(29)17-7-9-18(10-8-17)26-13-15-27(16-14-26)22(31)33-24(4,5)6/h7-10,19-20,28-29H,11-16H2,1-6H3,(H,25,30). The summed E-state index contributed by atoms with van der Waals surface area (Å²) < 4.78 is 10.6. The first kappa shape index (κ1) is 26.7. The first-order valence-electron chi connectivity index (χ1n) is 11.4. The fourth-order valence-electron chi connectivity index (χ4n) is 3.37. The van der Waals surface area contributed by atoms with E-state index in [1.807, 2.05) is 32.9 Å². The molecule has 1 aromatic carbocycles. The molecule has 2 atom stereocenters. The highest BCUT2D eigenvalue weighted by atomic mass is 16.6. The van der Waals surface area contributed by atoms with Gasteiger partial charge in [0.1, 0.15) is 17.3 Å². The Morgan fingerprint density at radius 3 is 2.00 bits per heavy atom. The lowest BCUT2D eigenvalue weighted by molar-refractivity contribution is 0.0123. The maximum absolute atomic E-state index is 12.2. The predicted octanol–water partition coefficient (Wildman–Crippen LogP) is 3.05. The molecule has 1 fully saturated rings. The van der Waals surface area contributed by atoms with Crippen LogP contribution in [0.1, 0.15) is 59.6 Å². The van der Waals surface area contributed by atoms with Crippen LogP contribution in [0.25, 0.3) is 0 Å². The van der Waals surface area contributed by atoms with Gasteiger partial charge in [-0.2, -0.15) is 0 Å². The largest absolute Gasteiger partial charge is 0.444 e. The van der Waals surface area contributed by atoms with Crippen molar-refractivity contribution in [1.29, 1.82) is 0 Å². The van der Waals surface area contributed by atoms with Crippen LogP contribution in [0.15, 0.2) is 24.3 Å². The van der Waals surface area contributed by atoms with E-state index in [0.717, 1.165) is 5.69 Å². The second-order valence-electron chi connectivity index (χ2n) is 10.3. The van der Waals surface area contributed by atoms with E-state index in [0.29, 0.717) is 31.7 Å². The van der Waals surface area contributed by atoms with Gasteiger partial charge in [-0.25, -0.2) is 9.59 Å². The summed E-state index contributed by atoms with van der Waals surface area (Å²) in [5, 5.41) is 23.3. The van der Waals surface area contributed by atoms with Gasteiger partial charge in [-0.05, 0) is 65.7 Å². The Morgan fingerprint density at radius 1 is 0.939 bits per heavy atom. The molecule has 0 aromatic heterocycles. The van der Waals surface area contributed by atoms with Gasteiger partial charge in [0.15, 0.2) is 0 Å². The lowest BCUT2D eigenvalue weighted by atomic mass is 10.0.